The van der Waals surface area contributed by atoms with Gasteiger partial charge in [-0.25, -0.2) is 4.39 Å². The Morgan fingerprint density at radius 2 is 2.14 bits per heavy atom. The molecule has 0 radical (unpaired) electrons. The lowest BCUT2D eigenvalue weighted by Gasteiger charge is -2.31. The Morgan fingerprint density at radius 3 is 2.57 bits per heavy atom. The van der Waals surface area contributed by atoms with Crippen molar-refractivity contribution in [2.24, 2.45) is 5.92 Å². The highest BCUT2D eigenvalue weighted by molar-refractivity contribution is 5.76. The van der Waals surface area contributed by atoms with Crippen molar-refractivity contribution in [3.63, 3.8) is 0 Å². The largest absolute Gasteiger partial charge is 0.459 e. The van der Waals surface area contributed by atoms with Crippen LogP contribution in [0.2, 0.25) is 0 Å². The molecule has 0 spiro atoms. The van der Waals surface area contributed by atoms with E-state index in [-0.39, 0.29) is 30.9 Å². The van der Waals surface area contributed by atoms with Crippen molar-refractivity contribution in [2.45, 2.75) is 77.5 Å². The van der Waals surface area contributed by atoms with Gasteiger partial charge in [-0.2, -0.15) is 0 Å². The van der Waals surface area contributed by atoms with Gasteiger partial charge in [-0.1, -0.05) is 20.3 Å². The first-order valence-electron chi connectivity index (χ1n) is 7.68. The van der Waals surface area contributed by atoms with Gasteiger partial charge in [-0.05, 0) is 33.1 Å². The standard InChI is InChI=1S/C15H29FN2O3/c1-6-9(2)12(14(20)21-15(3,4)5)18-13(19)11-7-10(16)8-17-11/h9-13,17-19H,6-8H2,1-5H3. The number of halogens is 1. The van der Waals surface area contributed by atoms with E-state index in [9.17, 15) is 14.3 Å². The van der Waals surface area contributed by atoms with Crippen LogP contribution in [0.1, 0.15) is 47.5 Å². The fraction of sp³-hybridized carbons (Fsp3) is 0.933. The van der Waals surface area contributed by atoms with Gasteiger partial charge in [0, 0.05) is 12.6 Å². The number of esters is 1. The van der Waals surface area contributed by atoms with E-state index in [1.54, 1.807) is 20.8 Å². The zero-order valence-electron chi connectivity index (χ0n) is 13.6. The Balaban J connectivity index is 2.67. The van der Waals surface area contributed by atoms with E-state index < -0.39 is 24.0 Å². The Hall–Kier alpha value is -0.720. The lowest BCUT2D eigenvalue weighted by molar-refractivity contribution is -0.160. The smallest absolute Gasteiger partial charge is 0.324 e. The van der Waals surface area contributed by atoms with Crippen LogP contribution in [0, 0.1) is 5.92 Å². The second-order valence-electron chi connectivity index (χ2n) is 6.86. The highest BCUT2D eigenvalue weighted by atomic mass is 19.1. The normalized spacial score (nSPS) is 27.2. The molecular weight excluding hydrogens is 275 g/mol. The van der Waals surface area contributed by atoms with Crippen molar-refractivity contribution in [3.05, 3.63) is 0 Å². The first kappa shape index (κ1) is 18.3. The summed E-state index contributed by atoms with van der Waals surface area (Å²) < 4.78 is 18.6. The second-order valence-corrected chi connectivity index (χ2v) is 6.86. The minimum absolute atomic E-state index is 0.0112. The minimum atomic E-state index is -0.975. The Labute approximate surface area is 126 Å². The van der Waals surface area contributed by atoms with Crippen LogP contribution in [0.5, 0.6) is 0 Å². The zero-order valence-corrected chi connectivity index (χ0v) is 13.6. The van der Waals surface area contributed by atoms with Crippen LogP contribution < -0.4 is 10.6 Å². The van der Waals surface area contributed by atoms with Crippen molar-refractivity contribution in [1.82, 2.24) is 10.6 Å². The average molecular weight is 304 g/mol. The lowest BCUT2D eigenvalue weighted by Crippen LogP contribution is -2.54. The van der Waals surface area contributed by atoms with Gasteiger partial charge in [0.05, 0.1) is 0 Å². The summed E-state index contributed by atoms with van der Waals surface area (Å²) in [7, 11) is 0. The van der Waals surface area contributed by atoms with Crippen LogP contribution in [0.3, 0.4) is 0 Å². The molecule has 0 aliphatic carbocycles. The molecular formula is C15H29FN2O3. The molecule has 1 aliphatic heterocycles. The number of carbonyl (C=O) groups excluding carboxylic acids is 1. The van der Waals surface area contributed by atoms with Gasteiger partial charge >= 0.3 is 5.97 Å². The van der Waals surface area contributed by atoms with Crippen LogP contribution in [-0.4, -0.2) is 47.7 Å². The van der Waals surface area contributed by atoms with Crippen LogP contribution in [-0.2, 0) is 9.53 Å². The van der Waals surface area contributed by atoms with E-state index in [2.05, 4.69) is 10.6 Å². The van der Waals surface area contributed by atoms with Gasteiger partial charge in [-0.3, -0.25) is 10.1 Å². The summed E-state index contributed by atoms with van der Waals surface area (Å²) >= 11 is 0. The summed E-state index contributed by atoms with van der Waals surface area (Å²) in [6.07, 6.45) is -0.907. The zero-order chi connectivity index (χ0) is 16.2. The van der Waals surface area contributed by atoms with E-state index in [1.165, 1.54) is 0 Å². The molecule has 5 unspecified atom stereocenters. The van der Waals surface area contributed by atoms with Crippen molar-refractivity contribution in [1.29, 1.82) is 0 Å². The molecule has 1 heterocycles. The number of aliphatic hydroxyl groups excluding tert-OH is 1. The topological polar surface area (TPSA) is 70.6 Å². The number of carbonyl (C=O) groups is 1. The highest BCUT2D eigenvalue weighted by Gasteiger charge is 2.35. The van der Waals surface area contributed by atoms with Crippen LogP contribution in [0.25, 0.3) is 0 Å². The fourth-order valence-corrected chi connectivity index (χ4v) is 2.33. The van der Waals surface area contributed by atoms with E-state index in [1.807, 2.05) is 13.8 Å². The molecule has 3 N–H and O–H groups in total. The van der Waals surface area contributed by atoms with Crippen LogP contribution in [0.15, 0.2) is 0 Å². The molecule has 0 aromatic heterocycles. The molecule has 1 rings (SSSR count). The number of aliphatic hydroxyl groups is 1. The molecule has 5 nitrogen and oxygen atoms in total. The Kier molecular flexibility index (Phi) is 6.56. The summed E-state index contributed by atoms with van der Waals surface area (Å²) in [6, 6.07) is -0.987. The third-order valence-electron chi connectivity index (χ3n) is 3.72. The first-order valence-corrected chi connectivity index (χ1v) is 7.68. The highest BCUT2D eigenvalue weighted by Crippen LogP contribution is 2.17. The number of ether oxygens (including phenoxy) is 1. The summed E-state index contributed by atoms with van der Waals surface area (Å²) in [5.74, 6) is -0.372. The third-order valence-corrected chi connectivity index (χ3v) is 3.72. The van der Waals surface area contributed by atoms with Gasteiger partial charge in [0.2, 0.25) is 0 Å². The predicted molar refractivity (Wildman–Crippen MR) is 79.5 cm³/mol. The molecule has 1 aliphatic rings. The molecule has 0 aromatic carbocycles. The maximum absolute atomic E-state index is 13.2. The van der Waals surface area contributed by atoms with Gasteiger partial charge in [0.1, 0.15) is 24.0 Å². The van der Waals surface area contributed by atoms with E-state index >= 15 is 0 Å². The van der Waals surface area contributed by atoms with E-state index in [4.69, 9.17) is 4.74 Å². The summed E-state index contributed by atoms with van der Waals surface area (Å²) in [5.41, 5.74) is -0.578. The summed E-state index contributed by atoms with van der Waals surface area (Å²) in [5, 5.41) is 16.0. The van der Waals surface area contributed by atoms with Crippen molar-refractivity contribution >= 4 is 5.97 Å². The first-order chi connectivity index (χ1) is 9.64. The molecule has 0 aromatic rings. The SMILES string of the molecule is CCC(C)C(NC(O)C1CC(F)CN1)C(=O)OC(C)(C)C. The molecule has 0 bridgehead atoms. The molecule has 21 heavy (non-hydrogen) atoms. The second kappa shape index (κ2) is 7.51. The molecule has 1 fully saturated rings. The molecule has 6 heteroatoms. The van der Waals surface area contributed by atoms with Gasteiger partial charge in [0.15, 0.2) is 0 Å². The third kappa shape index (κ3) is 5.88. The minimum Gasteiger partial charge on any atom is -0.459 e. The molecule has 0 amide bonds. The maximum Gasteiger partial charge on any atom is 0.324 e. The van der Waals surface area contributed by atoms with E-state index in [0.29, 0.717) is 0 Å². The van der Waals surface area contributed by atoms with Gasteiger partial charge < -0.3 is 15.2 Å². The lowest BCUT2D eigenvalue weighted by atomic mass is 9.98. The quantitative estimate of drug-likeness (QED) is 0.510. The van der Waals surface area contributed by atoms with Crippen molar-refractivity contribution < 1.29 is 19.0 Å². The number of alkyl halides is 1. The average Bonchev–Trinajstić information content (AvgIpc) is 2.79. The Morgan fingerprint density at radius 1 is 1.52 bits per heavy atom. The van der Waals surface area contributed by atoms with Crippen LogP contribution >= 0.6 is 0 Å². The fourth-order valence-electron chi connectivity index (χ4n) is 2.33. The van der Waals surface area contributed by atoms with Crippen molar-refractivity contribution in [3.8, 4) is 0 Å². The van der Waals surface area contributed by atoms with Crippen LogP contribution in [0.4, 0.5) is 4.39 Å². The number of hydrogen-bond acceptors (Lipinski definition) is 5. The molecule has 0 saturated carbocycles. The predicted octanol–water partition coefficient (Wildman–Crippen LogP) is 1.35. The molecule has 5 atom stereocenters. The van der Waals surface area contributed by atoms with Gasteiger partial charge in [0.25, 0.3) is 0 Å². The maximum atomic E-state index is 13.2. The number of hydrogen-bond donors (Lipinski definition) is 3. The number of nitrogens with one attached hydrogen (secondary N) is 2. The molecule has 124 valence electrons. The monoisotopic (exact) mass is 304 g/mol. The summed E-state index contributed by atoms with van der Waals surface area (Å²) in [4.78, 5) is 12.3. The van der Waals surface area contributed by atoms with Gasteiger partial charge in [-0.15, -0.1) is 0 Å². The Bertz CT molecular complexity index is 346. The van der Waals surface area contributed by atoms with Crippen molar-refractivity contribution in [2.75, 3.05) is 6.54 Å². The van der Waals surface area contributed by atoms with E-state index in [0.717, 1.165) is 6.42 Å². The number of rotatable bonds is 6. The summed E-state index contributed by atoms with van der Waals surface area (Å²) in [6.45, 7) is 9.56. The molecule has 1 saturated heterocycles.